The zero-order valence-corrected chi connectivity index (χ0v) is 15.7. The van der Waals surface area contributed by atoms with Crippen molar-refractivity contribution in [2.45, 2.75) is 25.7 Å². The first-order valence-electron chi connectivity index (χ1n) is 9.91. The third kappa shape index (κ3) is 4.00. The Morgan fingerprint density at radius 2 is 1.93 bits per heavy atom. The largest absolute Gasteiger partial charge is 0.378 e. The average molecular weight is 369 g/mol. The molecule has 0 aliphatic carbocycles. The fourth-order valence-corrected chi connectivity index (χ4v) is 4.19. The Hall–Kier alpha value is -2.34. The van der Waals surface area contributed by atoms with E-state index in [0.29, 0.717) is 39.3 Å². The van der Waals surface area contributed by atoms with Crippen molar-refractivity contribution in [2.75, 3.05) is 39.4 Å². The summed E-state index contributed by atoms with van der Waals surface area (Å²) in [6.45, 7) is 3.90. The number of amides is 2. The number of piperidine rings is 1. The van der Waals surface area contributed by atoms with E-state index in [-0.39, 0.29) is 17.7 Å². The van der Waals surface area contributed by atoms with Crippen LogP contribution in [0.15, 0.2) is 30.5 Å². The highest BCUT2D eigenvalue weighted by Crippen LogP contribution is 2.22. The summed E-state index contributed by atoms with van der Waals surface area (Å²) >= 11 is 0. The number of ether oxygens (including phenoxy) is 1. The van der Waals surface area contributed by atoms with Crippen LogP contribution in [0.3, 0.4) is 0 Å². The summed E-state index contributed by atoms with van der Waals surface area (Å²) in [4.78, 5) is 32.5. The van der Waals surface area contributed by atoms with Crippen LogP contribution >= 0.6 is 0 Å². The van der Waals surface area contributed by atoms with Gasteiger partial charge in [0.2, 0.25) is 11.8 Å². The van der Waals surface area contributed by atoms with Crippen molar-refractivity contribution < 1.29 is 14.3 Å². The van der Waals surface area contributed by atoms with Gasteiger partial charge < -0.3 is 19.5 Å². The number of rotatable bonds is 4. The lowest BCUT2D eigenvalue weighted by molar-refractivity contribution is -0.144. The summed E-state index contributed by atoms with van der Waals surface area (Å²) < 4.78 is 5.33. The number of H-pyrrole nitrogens is 1. The molecule has 1 N–H and O–H groups in total. The molecule has 2 amide bonds. The van der Waals surface area contributed by atoms with Crippen molar-refractivity contribution in [3.63, 3.8) is 0 Å². The summed E-state index contributed by atoms with van der Waals surface area (Å²) in [7, 11) is 0. The van der Waals surface area contributed by atoms with E-state index in [4.69, 9.17) is 4.74 Å². The van der Waals surface area contributed by atoms with Gasteiger partial charge in [-0.05, 0) is 30.9 Å². The second-order valence-corrected chi connectivity index (χ2v) is 7.48. The van der Waals surface area contributed by atoms with Crippen molar-refractivity contribution in [3.8, 4) is 0 Å². The maximum absolute atomic E-state index is 12.7. The van der Waals surface area contributed by atoms with Gasteiger partial charge in [-0.25, -0.2) is 0 Å². The van der Waals surface area contributed by atoms with Crippen LogP contribution in [0.2, 0.25) is 0 Å². The molecule has 2 aliphatic rings. The minimum Gasteiger partial charge on any atom is -0.378 e. The molecular weight excluding hydrogens is 342 g/mol. The lowest BCUT2D eigenvalue weighted by Crippen LogP contribution is -2.49. The van der Waals surface area contributed by atoms with E-state index in [1.807, 2.05) is 34.2 Å². The predicted molar refractivity (Wildman–Crippen MR) is 103 cm³/mol. The second-order valence-electron chi connectivity index (χ2n) is 7.48. The molecule has 2 saturated heterocycles. The van der Waals surface area contributed by atoms with E-state index in [9.17, 15) is 9.59 Å². The smallest absolute Gasteiger partial charge is 0.227 e. The van der Waals surface area contributed by atoms with E-state index in [1.165, 1.54) is 10.9 Å². The van der Waals surface area contributed by atoms with Crippen LogP contribution in [0, 0.1) is 5.92 Å². The highest BCUT2D eigenvalue weighted by Gasteiger charge is 2.31. The van der Waals surface area contributed by atoms with Crippen LogP contribution < -0.4 is 0 Å². The third-order valence-electron chi connectivity index (χ3n) is 5.73. The monoisotopic (exact) mass is 369 g/mol. The SMILES string of the molecule is O=C(CCc1c[nH]c2ccccc12)N1CCCC(C(=O)N2CCOCC2)C1. The molecule has 6 heteroatoms. The highest BCUT2D eigenvalue weighted by molar-refractivity contribution is 5.84. The number of aryl methyl sites for hydroxylation is 1. The molecule has 0 saturated carbocycles. The molecule has 0 radical (unpaired) electrons. The zero-order valence-electron chi connectivity index (χ0n) is 15.7. The lowest BCUT2D eigenvalue weighted by Gasteiger charge is -2.36. The van der Waals surface area contributed by atoms with E-state index < -0.39 is 0 Å². The fraction of sp³-hybridized carbons (Fsp3) is 0.524. The number of fused-ring (bicyclic) bond motifs is 1. The summed E-state index contributed by atoms with van der Waals surface area (Å²) in [6.07, 6.45) is 4.99. The maximum atomic E-state index is 12.7. The van der Waals surface area contributed by atoms with Crippen LogP contribution in [0.25, 0.3) is 10.9 Å². The summed E-state index contributed by atoms with van der Waals surface area (Å²) in [5, 5.41) is 1.18. The molecule has 2 aliphatic heterocycles. The van der Waals surface area contributed by atoms with Crippen LogP contribution in [0.1, 0.15) is 24.8 Å². The standard InChI is InChI=1S/C21H27N3O3/c25-20(8-7-16-14-22-19-6-2-1-5-18(16)19)24-9-3-4-17(15-24)21(26)23-10-12-27-13-11-23/h1-2,5-6,14,17,22H,3-4,7-13,15H2. The van der Waals surface area contributed by atoms with Crippen LogP contribution in [-0.4, -0.2) is 66.0 Å². The molecule has 4 rings (SSSR count). The van der Waals surface area contributed by atoms with Crippen molar-refractivity contribution in [1.29, 1.82) is 0 Å². The Labute approximate surface area is 159 Å². The number of carbonyl (C=O) groups excluding carboxylic acids is 2. The third-order valence-corrected chi connectivity index (χ3v) is 5.73. The lowest BCUT2D eigenvalue weighted by atomic mass is 9.95. The van der Waals surface area contributed by atoms with E-state index in [2.05, 4.69) is 11.1 Å². The van der Waals surface area contributed by atoms with E-state index in [0.717, 1.165) is 31.3 Å². The Balaban J connectivity index is 1.33. The number of benzene rings is 1. The molecule has 0 bridgehead atoms. The molecule has 1 unspecified atom stereocenters. The van der Waals surface area contributed by atoms with E-state index in [1.54, 1.807) is 0 Å². The van der Waals surface area contributed by atoms with Gasteiger partial charge in [0.1, 0.15) is 0 Å². The van der Waals surface area contributed by atoms with Gasteiger partial charge in [0.05, 0.1) is 19.1 Å². The quantitative estimate of drug-likeness (QED) is 0.899. The summed E-state index contributed by atoms with van der Waals surface area (Å²) in [5.74, 6) is 0.279. The van der Waals surface area contributed by atoms with Gasteiger partial charge in [0, 0.05) is 49.7 Å². The normalized spacial score (nSPS) is 20.8. The van der Waals surface area contributed by atoms with Crippen molar-refractivity contribution in [1.82, 2.24) is 14.8 Å². The number of aromatic nitrogens is 1. The van der Waals surface area contributed by atoms with Gasteiger partial charge in [-0.1, -0.05) is 18.2 Å². The van der Waals surface area contributed by atoms with Crippen LogP contribution in [-0.2, 0) is 20.7 Å². The Morgan fingerprint density at radius 3 is 2.78 bits per heavy atom. The molecular formula is C21H27N3O3. The first-order valence-corrected chi connectivity index (χ1v) is 9.91. The maximum Gasteiger partial charge on any atom is 0.227 e. The van der Waals surface area contributed by atoms with Gasteiger partial charge in [-0.15, -0.1) is 0 Å². The van der Waals surface area contributed by atoms with Gasteiger partial charge >= 0.3 is 0 Å². The number of nitrogens with zero attached hydrogens (tertiary/aromatic N) is 2. The first kappa shape index (κ1) is 18.0. The van der Waals surface area contributed by atoms with Crippen molar-refractivity contribution in [2.24, 2.45) is 5.92 Å². The Morgan fingerprint density at radius 1 is 1.11 bits per heavy atom. The number of nitrogens with one attached hydrogen (secondary N) is 1. The number of hydrogen-bond acceptors (Lipinski definition) is 3. The molecule has 1 aromatic heterocycles. The minimum absolute atomic E-state index is 0.0612. The number of morpholine rings is 1. The molecule has 144 valence electrons. The predicted octanol–water partition coefficient (Wildman–Crippen LogP) is 2.20. The minimum atomic E-state index is -0.0612. The van der Waals surface area contributed by atoms with Gasteiger partial charge in [0.15, 0.2) is 0 Å². The molecule has 1 aromatic carbocycles. The molecule has 27 heavy (non-hydrogen) atoms. The van der Waals surface area contributed by atoms with Gasteiger partial charge in [0.25, 0.3) is 0 Å². The van der Waals surface area contributed by atoms with Gasteiger partial charge in [-0.2, -0.15) is 0 Å². The second kappa shape index (κ2) is 8.13. The summed E-state index contributed by atoms with van der Waals surface area (Å²) in [5.41, 5.74) is 2.28. The average Bonchev–Trinajstić information content (AvgIpc) is 3.15. The molecule has 2 fully saturated rings. The highest BCUT2D eigenvalue weighted by atomic mass is 16.5. The van der Waals surface area contributed by atoms with Gasteiger partial charge in [-0.3, -0.25) is 9.59 Å². The topological polar surface area (TPSA) is 65.6 Å². The molecule has 0 spiro atoms. The van der Waals surface area contributed by atoms with Crippen molar-refractivity contribution in [3.05, 3.63) is 36.0 Å². The number of likely N-dealkylation sites (tertiary alicyclic amines) is 1. The summed E-state index contributed by atoms with van der Waals surface area (Å²) in [6, 6.07) is 8.16. The number of carbonyl (C=O) groups is 2. The Bertz CT molecular complexity index is 810. The number of aromatic amines is 1. The Kier molecular flexibility index (Phi) is 5.43. The van der Waals surface area contributed by atoms with Crippen LogP contribution in [0.5, 0.6) is 0 Å². The van der Waals surface area contributed by atoms with E-state index >= 15 is 0 Å². The molecule has 1 atom stereocenters. The first-order chi connectivity index (χ1) is 13.2. The van der Waals surface area contributed by atoms with Crippen LogP contribution in [0.4, 0.5) is 0 Å². The zero-order chi connectivity index (χ0) is 18.6. The number of hydrogen-bond donors (Lipinski definition) is 1. The van der Waals surface area contributed by atoms with Crippen molar-refractivity contribution >= 4 is 22.7 Å². The molecule has 6 nitrogen and oxygen atoms in total. The number of para-hydroxylation sites is 1. The molecule has 2 aromatic rings. The fourth-order valence-electron chi connectivity index (χ4n) is 4.19. The molecule has 3 heterocycles.